The van der Waals surface area contributed by atoms with Crippen molar-refractivity contribution in [1.82, 2.24) is 10.6 Å². The molecule has 0 radical (unpaired) electrons. The molecule has 3 N–H and O–H groups in total. The van der Waals surface area contributed by atoms with Crippen LogP contribution in [0.15, 0.2) is 97.1 Å². The molecule has 1 atom stereocenters. The van der Waals surface area contributed by atoms with Gasteiger partial charge in [-0.05, 0) is 60.5 Å². The summed E-state index contributed by atoms with van der Waals surface area (Å²) in [6.45, 7) is 2.85. The summed E-state index contributed by atoms with van der Waals surface area (Å²) in [6, 6.07) is 28.3. The summed E-state index contributed by atoms with van der Waals surface area (Å²) in [5.41, 5.74) is 4.20. The highest BCUT2D eigenvalue weighted by atomic mass is 16.6. The van der Waals surface area contributed by atoms with Gasteiger partial charge in [0.1, 0.15) is 5.75 Å². The molecule has 0 fully saturated rings. The van der Waals surface area contributed by atoms with Crippen LogP contribution in [0.25, 0.3) is 11.1 Å². The summed E-state index contributed by atoms with van der Waals surface area (Å²) in [5, 5.41) is 20.6. The maximum absolute atomic E-state index is 13.3. The zero-order chi connectivity index (χ0) is 29.2. The summed E-state index contributed by atoms with van der Waals surface area (Å²) in [4.78, 5) is 37.3. The average molecular weight is 553 g/mol. The molecule has 0 heterocycles. The Kier molecular flexibility index (Phi) is 9.66. The second-order valence-electron chi connectivity index (χ2n) is 9.47. The molecule has 0 aliphatic heterocycles. The molecule has 2 amide bonds. The van der Waals surface area contributed by atoms with Crippen LogP contribution < -0.4 is 20.7 Å². The molecule has 4 rings (SSSR count). The fourth-order valence-corrected chi connectivity index (χ4v) is 4.44. The quantitative estimate of drug-likeness (QED) is 0.124. The Hall–Kier alpha value is -5.18. The van der Waals surface area contributed by atoms with Crippen LogP contribution in [0.4, 0.5) is 11.4 Å². The van der Waals surface area contributed by atoms with Gasteiger partial charge in [0.25, 0.3) is 11.6 Å². The van der Waals surface area contributed by atoms with Crippen LogP contribution in [-0.4, -0.2) is 43.5 Å². The first-order chi connectivity index (χ1) is 19.9. The first-order valence-electron chi connectivity index (χ1n) is 13.2. The number of nitro benzene ring substituents is 1. The fraction of sp³-hybridized carbons (Fsp3) is 0.188. The van der Waals surface area contributed by atoms with Gasteiger partial charge < -0.3 is 20.7 Å². The normalized spacial score (nSPS) is 11.3. The summed E-state index contributed by atoms with van der Waals surface area (Å²) in [7, 11) is 1.61. The molecule has 41 heavy (non-hydrogen) atoms. The van der Waals surface area contributed by atoms with Gasteiger partial charge in [-0.3, -0.25) is 19.7 Å². The maximum atomic E-state index is 13.3. The number of amides is 2. The number of para-hydroxylation sites is 1. The number of carbonyl (C=O) groups excluding carboxylic acids is 2. The van der Waals surface area contributed by atoms with Crippen LogP contribution >= 0.6 is 0 Å². The number of nitro groups is 1. The molecule has 0 aliphatic rings. The molecular formula is C32H32N4O5. The first kappa shape index (κ1) is 28.8. The number of aryl methyl sites for hydroxylation is 1. The monoisotopic (exact) mass is 552 g/mol. The number of ether oxygens (including phenoxy) is 1. The Balaban J connectivity index is 1.47. The van der Waals surface area contributed by atoms with Crippen molar-refractivity contribution in [3.8, 4) is 16.9 Å². The van der Waals surface area contributed by atoms with E-state index >= 15 is 0 Å². The standard InChI is InChI=1S/C32H32N4O5/c1-22-6-5-7-25(20-22)31(37)35-21-29(32(38)34-19-18-33-26-14-16-27(41-2)17-15-26)24-12-10-23(11-13-24)28-8-3-4-9-30(28)36(39)40/h3-17,20,29,33H,18-19,21H2,1-2H3,(H,34,38)(H,35,37). The van der Waals surface area contributed by atoms with Crippen LogP contribution in [0.1, 0.15) is 27.4 Å². The predicted molar refractivity (Wildman–Crippen MR) is 159 cm³/mol. The zero-order valence-electron chi connectivity index (χ0n) is 22.9. The number of carbonyl (C=O) groups is 2. The van der Waals surface area contributed by atoms with Gasteiger partial charge in [-0.2, -0.15) is 0 Å². The molecule has 210 valence electrons. The molecule has 9 heteroatoms. The lowest BCUT2D eigenvalue weighted by Gasteiger charge is -2.19. The Bertz CT molecular complexity index is 1500. The maximum Gasteiger partial charge on any atom is 0.277 e. The van der Waals surface area contributed by atoms with Gasteiger partial charge in [-0.15, -0.1) is 0 Å². The van der Waals surface area contributed by atoms with E-state index in [1.165, 1.54) is 6.07 Å². The lowest BCUT2D eigenvalue weighted by atomic mass is 9.94. The molecule has 0 saturated heterocycles. The van der Waals surface area contributed by atoms with E-state index in [-0.39, 0.29) is 24.0 Å². The third kappa shape index (κ3) is 7.69. The van der Waals surface area contributed by atoms with Gasteiger partial charge in [-0.25, -0.2) is 0 Å². The molecule has 0 saturated carbocycles. The van der Waals surface area contributed by atoms with Crippen LogP contribution in [0.2, 0.25) is 0 Å². The Morgan fingerprint density at radius 3 is 2.29 bits per heavy atom. The summed E-state index contributed by atoms with van der Waals surface area (Å²) >= 11 is 0. The third-order valence-electron chi connectivity index (χ3n) is 6.63. The van der Waals surface area contributed by atoms with Gasteiger partial charge in [0, 0.05) is 37.0 Å². The largest absolute Gasteiger partial charge is 0.497 e. The van der Waals surface area contributed by atoms with Crippen molar-refractivity contribution < 1.29 is 19.2 Å². The number of methoxy groups -OCH3 is 1. The number of rotatable bonds is 12. The van der Waals surface area contributed by atoms with Crippen molar-refractivity contribution in [1.29, 1.82) is 0 Å². The minimum atomic E-state index is -0.676. The number of benzene rings is 4. The molecule has 9 nitrogen and oxygen atoms in total. The molecule has 0 aliphatic carbocycles. The van der Waals surface area contributed by atoms with Crippen molar-refractivity contribution in [2.45, 2.75) is 12.8 Å². The average Bonchev–Trinajstić information content (AvgIpc) is 3.00. The van der Waals surface area contributed by atoms with E-state index in [1.54, 1.807) is 61.7 Å². The minimum absolute atomic E-state index is 0.00400. The third-order valence-corrected chi connectivity index (χ3v) is 6.63. The lowest BCUT2D eigenvalue weighted by molar-refractivity contribution is -0.384. The zero-order valence-corrected chi connectivity index (χ0v) is 22.9. The number of nitrogens with zero attached hydrogens (tertiary/aromatic N) is 1. The van der Waals surface area contributed by atoms with Crippen LogP contribution in [0.3, 0.4) is 0 Å². The van der Waals surface area contributed by atoms with Crippen molar-refractivity contribution in [3.63, 3.8) is 0 Å². The van der Waals surface area contributed by atoms with E-state index in [1.807, 2.05) is 43.3 Å². The SMILES string of the molecule is COc1ccc(NCCNC(=O)C(CNC(=O)c2cccc(C)c2)c2ccc(-c3ccccc3[N+](=O)[O-])cc2)cc1. The second kappa shape index (κ2) is 13.7. The predicted octanol–water partition coefficient (Wildman–Crippen LogP) is 5.32. The molecule has 0 aromatic heterocycles. The Labute approximate surface area is 238 Å². The highest BCUT2D eigenvalue weighted by Crippen LogP contribution is 2.30. The van der Waals surface area contributed by atoms with Gasteiger partial charge in [-0.1, -0.05) is 54.1 Å². The van der Waals surface area contributed by atoms with Crippen LogP contribution in [0.5, 0.6) is 5.75 Å². The minimum Gasteiger partial charge on any atom is -0.497 e. The fourth-order valence-electron chi connectivity index (χ4n) is 4.44. The summed E-state index contributed by atoms with van der Waals surface area (Å²) < 4.78 is 5.17. The van der Waals surface area contributed by atoms with E-state index in [0.717, 1.165) is 17.0 Å². The molecule has 4 aromatic rings. The topological polar surface area (TPSA) is 123 Å². The number of anilines is 1. The second-order valence-corrected chi connectivity index (χ2v) is 9.47. The van der Waals surface area contributed by atoms with Gasteiger partial charge in [0.05, 0.1) is 23.5 Å². The molecule has 0 bridgehead atoms. The van der Waals surface area contributed by atoms with E-state index in [4.69, 9.17) is 4.74 Å². The molecular weight excluding hydrogens is 520 g/mol. The van der Waals surface area contributed by atoms with Crippen LogP contribution in [0, 0.1) is 17.0 Å². The van der Waals surface area contributed by atoms with Crippen molar-refractivity contribution in [2.75, 3.05) is 32.1 Å². The smallest absolute Gasteiger partial charge is 0.277 e. The molecule has 0 spiro atoms. The van der Waals surface area contributed by atoms with E-state index in [9.17, 15) is 19.7 Å². The van der Waals surface area contributed by atoms with E-state index in [0.29, 0.717) is 35.3 Å². The van der Waals surface area contributed by atoms with Gasteiger partial charge in [0.15, 0.2) is 0 Å². The highest BCUT2D eigenvalue weighted by Gasteiger charge is 2.22. The number of nitrogens with one attached hydrogen (secondary N) is 3. The Morgan fingerprint density at radius 2 is 1.61 bits per heavy atom. The Morgan fingerprint density at radius 1 is 0.878 bits per heavy atom. The molecule has 4 aromatic carbocycles. The summed E-state index contributed by atoms with van der Waals surface area (Å²) in [6.07, 6.45) is 0. The van der Waals surface area contributed by atoms with Crippen molar-refractivity contribution >= 4 is 23.2 Å². The molecule has 1 unspecified atom stereocenters. The first-order valence-corrected chi connectivity index (χ1v) is 13.2. The van der Waals surface area contributed by atoms with Crippen molar-refractivity contribution in [3.05, 3.63) is 124 Å². The lowest BCUT2D eigenvalue weighted by Crippen LogP contribution is -2.39. The highest BCUT2D eigenvalue weighted by molar-refractivity contribution is 5.95. The van der Waals surface area contributed by atoms with E-state index < -0.39 is 10.8 Å². The van der Waals surface area contributed by atoms with E-state index in [2.05, 4.69) is 16.0 Å². The number of hydrogen-bond donors (Lipinski definition) is 3. The van der Waals surface area contributed by atoms with Gasteiger partial charge >= 0.3 is 0 Å². The van der Waals surface area contributed by atoms with Crippen molar-refractivity contribution in [2.24, 2.45) is 0 Å². The van der Waals surface area contributed by atoms with Crippen LogP contribution in [-0.2, 0) is 4.79 Å². The number of hydrogen-bond acceptors (Lipinski definition) is 6. The summed E-state index contributed by atoms with van der Waals surface area (Å²) in [5.74, 6) is -0.439. The van der Waals surface area contributed by atoms with Gasteiger partial charge in [0.2, 0.25) is 5.91 Å².